The highest BCUT2D eigenvalue weighted by Gasteiger charge is 2.39. The van der Waals surface area contributed by atoms with Gasteiger partial charge in [-0.2, -0.15) is 13.2 Å². The van der Waals surface area contributed by atoms with Crippen molar-refractivity contribution in [1.29, 1.82) is 0 Å². The molecule has 3 N–H and O–H groups in total. The minimum atomic E-state index is -4.40. The van der Waals surface area contributed by atoms with E-state index >= 15 is 0 Å². The van der Waals surface area contributed by atoms with E-state index in [9.17, 15) is 22.8 Å². The zero-order valence-corrected chi connectivity index (χ0v) is 16.4. The number of anilines is 1. The molecular formula is C23H21F3N2O3. The van der Waals surface area contributed by atoms with Crippen molar-refractivity contribution in [3.63, 3.8) is 0 Å². The monoisotopic (exact) mass is 430 g/mol. The van der Waals surface area contributed by atoms with Crippen LogP contribution in [-0.2, 0) is 11.0 Å². The van der Waals surface area contributed by atoms with E-state index < -0.39 is 17.7 Å². The molecule has 2 aromatic rings. The number of halogens is 3. The van der Waals surface area contributed by atoms with Crippen LogP contribution in [0.15, 0.2) is 54.6 Å². The molecule has 0 fully saturated rings. The summed E-state index contributed by atoms with van der Waals surface area (Å²) in [5.41, 5.74) is 2.01. The molecule has 162 valence electrons. The predicted octanol–water partition coefficient (Wildman–Crippen LogP) is 4.74. The number of hydrogen-bond acceptors (Lipinski definition) is 3. The zero-order valence-electron chi connectivity index (χ0n) is 16.4. The van der Waals surface area contributed by atoms with Gasteiger partial charge in [-0.1, -0.05) is 24.3 Å². The standard InChI is InChI=1S/C23H21F3N2O3/c24-23(25,26)15-4-1-3-13(11-15)21-17-6-2-5-16(17)18-12-14(7-8-19(18)28-21)22(31)27-10-9-20(29)30/h1-5,7-8,11-12,16-17,21,28H,6,9-10H2,(H,27,31)(H,29,30)/t16-,17+,21+/m0/s1. The molecule has 0 bridgehead atoms. The molecule has 0 saturated carbocycles. The third-order valence-corrected chi connectivity index (χ3v) is 5.82. The normalized spacial score (nSPS) is 21.7. The molecule has 0 radical (unpaired) electrons. The summed E-state index contributed by atoms with van der Waals surface area (Å²) in [6.45, 7) is 0.0348. The molecule has 5 nitrogen and oxygen atoms in total. The van der Waals surface area contributed by atoms with Gasteiger partial charge in [0.05, 0.1) is 18.0 Å². The number of carboxylic acid groups (broad SMARTS) is 1. The summed E-state index contributed by atoms with van der Waals surface area (Å²) in [6, 6.07) is 10.3. The molecule has 0 saturated heterocycles. The molecule has 0 spiro atoms. The van der Waals surface area contributed by atoms with Crippen LogP contribution in [0.25, 0.3) is 0 Å². The van der Waals surface area contributed by atoms with Crippen molar-refractivity contribution in [2.45, 2.75) is 31.0 Å². The summed E-state index contributed by atoms with van der Waals surface area (Å²) in [7, 11) is 0. The number of nitrogens with one attached hydrogen (secondary N) is 2. The van der Waals surface area contributed by atoms with E-state index in [0.717, 1.165) is 17.3 Å². The van der Waals surface area contributed by atoms with Gasteiger partial charge < -0.3 is 15.7 Å². The average Bonchev–Trinajstić information content (AvgIpc) is 3.22. The molecule has 31 heavy (non-hydrogen) atoms. The average molecular weight is 430 g/mol. The maximum absolute atomic E-state index is 13.2. The van der Waals surface area contributed by atoms with E-state index in [1.54, 1.807) is 24.3 Å². The van der Waals surface area contributed by atoms with Gasteiger partial charge in [-0.05, 0) is 53.8 Å². The molecule has 1 aliphatic carbocycles. The lowest BCUT2D eigenvalue weighted by atomic mass is 9.76. The summed E-state index contributed by atoms with van der Waals surface area (Å²) >= 11 is 0. The Kier molecular flexibility index (Phi) is 5.47. The first-order chi connectivity index (χ1) is 14.7. The number of amides is 1. The van der Waals surface area contributed by atoms with Crippen LogP contribution in [-0.4, -0.2) is 23.5 Å². The maximum atomic E-state index is 13.2. The molecule has 2 aromatic carbocycles. The zero-order chi connectivity index (χ0) is 22.2. The van der Waals surface area contributed by atoms with Gasteiger partial charge in [0.1, 0.15) is 0 Å². The van der Waals surface area contributed by atoms with Crippen molar-refractivity contribution in [1.82, 2.24) is 5.32 Å². The Morgan fingerprint density at radius 2 is 1.97 bits per heavy atom. The van der Waals surface area contributed by atoms with E-state index in [0.29, 0.717) is 17.5 Å². The molecule has 8 heteroatoms. The lowest BCUT2D eigenvalue weighted by Crippen LogP contribution is -2.30. The van der Waals surface area contributed by atoms with Gasteiger partial charge in [-0.25, -0.2) is 0 Å². The van der Waals surface area contributed by atoms with Gasteiger partial charge >= 0.3 is 12.1 Å². The van der Waals surface area contributed by atoms with Crippen LogP contribution >= 0.6 is 0 Å². The molecule has 1 heterocycles. The van der Waals surface area contributed by atoms with E-state index in [1.165, 1.54) is 12.1 Å². The van der Waals surface area contributed by atoms with E-state index in [4.69, 9.17) is 5.11 Å². The summed E-state index contributed by atoms with van der Waals surface area (Å²) in [6.07, 6.45) is 0.208. The Morgan fingerprint density at radius 3 is 2.71 bits per heavy atom. The maximum Gasteiger partial charge on any atom is 0.416 e. The van der Waals surface area contributed by atoms with Crippen molar-refractivity contribution in [2.24, 2.45) is 5.92 Å². The second-order valence-electron chi connectivity index (χ2n) is 7.80. The van der Waals surface area contributed by atoms with Crippen LogP contribution in [0.1, 0.15) is 51.8 Å². The molecule has 0 aromatic heterocycles. The number of carbonyl (C=O) groups excluding carboxylic acids is 1. The number of aliphatic carboxylic acids is 1. The van der Waals surface area contributed by atoms with Crippen molar-refractivity contribution >= 4 is 17.6 Å². The number of fused-ring (bicyclic) bond motifs is 3. The Hall–Kier alpha value is -3.29. The highest BCUT2D eigenvalue weighted by Crippen LogP contribution is 2.50. The van der Waals surface area contributed by atoms with Gasteiger partial charge in [0.25, 0.3) is 5.91 Å². The SMILES string of the molecule is O=C(O)CCNC(=O)c1ccc2c(c1)[C@H]1C=CC[C@H]1[C@@H](c1cccc(C(F)(F)F)c1)N2. The first-order valence-corrected chi connectivity index (χ1v) is 9.98. The van der Waals surface area contributed by atoms with Crippen molar-refractivity contribution < 1.29 is 27.9 Å². The number of carbonyl (C=O) groups is 2. The van der Waals surface area contributed by atoms with Crippen LogP contribution < -0.4 is 10.6 Å². The van der Waals surface area contributed by atoms with E-state index in [2.05, 4.69) is 10.6 Å². The fourth-order valence-corrected chi connectivity index (χ4v) is 4.36. The number of carboxylic acids is 1. The smallest absolute Gasteiger partial charge is 0.416 e. The van der Waals surface area contributed by atoms with E-state index in [-0.39, 0.29) is 36.8 Å². The van der Waals surface area contributed by atoms with Crippen LogP contribution in [0.4, 0.5) is 18.9 Å². The molecule has 0 unspecified atom stereocenters. The number of allylic oxidation sites excluding steroid dienone is 2. The number of benzene rings is 2. The van der Waals surface area contributed by atoms with Crippen LogP contribution in [0.5, 0.6) is 0 Å². The fraction of sp³-hybridized carbons (Fsp3) is 0.304. The molecule has 1 amide bonds. The van der Waals surface area contributed by atoms with Crippen LogP contribution in [0.3, 0.4) is 0 Å². The number of hydrogen-bond donors (Lipinski definition) is 3. The Labute approximate surface area is 177 Å². The first-order valence-electron chi connectivity index (χ1n) is 9.98. The van der Waals surface area contributed by atoms with Crippen LogP contribution in [0.2, 0.25) is 0 Å². The largest absolute Gasteiger partial charge is 0.481 e. The van der Waals surface area contributed by atoms with Gasteiger partial charge in [0.15, 0.2) is 0 Å². The summed E-state index contributed by atoms with van der Waals surface area (Å²) < 4.78 is 39.6. The third-order valence-electron chi connectivity index (χ3n) is 5.82. The molecule has 4 rings (SSSR count). The molecule has 1 aliphatic heterocycles. The Balaban J connectivity index is 1.61. The quantitative estimate of drug-likeness (QED) is 0.599. The second kappa shape index (κ2) is 8.09. The highest BCUT2D eigenvalue weighted by atomic mass is 19.4. The number of rotatable bonds is 5. The highest BCUT2D eigenvalue weighted by molar-refractivity contribution is 5.95. The predicted molar refractivity (Wildman–Crippen MR) is 109 cm³/mol. The van der Waals surface area contributed by atoms with Gasteiger partial charge in [0, 0.05) is 23.7 Å². The first kappa shape index (κ1) is 21.0. The molecule has 3 atom stereocenters. The summed E-state index contributed by atoms with van der Waals surface area (Å²) in [4.78, 5) is 23.0. The topological polar surface area (TPSA) is 78.4 Å². The summed E-state index contributed by atoms with van der Waals surface area (Å²) in [5.74, 6) is -1.35. The lowest BCUT2D eigenvalue weighted by Gasteiger charge is -2.38. The Morgan fingerprint density at radius 1 is 1.16 bits per heavy atom. The third kappa shape index (κ3) is 4.28. The van der Waals surface area contributed by atoms with E-state index in [1.807, 2.05) is 12.2 Å². The second-order valence-corrected chi connectivity index (χ2v) is 7.80. The van der Waals surface area contributed by atoms with Gasteiger partial charge in [0.2, 0.25) is 0 Å². The minimum Gasteiger partial charge on any atom is -0.481 e. The van der Waals surface area contributed by atoms with Crippen molar-refractivity contribution in [3.05, 3.63) is 76.9 Å². The summed E-state index contributed by atoms with van der Waals surface area (Å²) in [5, 5.41) is 14.7. The Bertz CT molecular complexity index is 1050. The minimum absolute atomic E-state index is 0.0254. The van der Waals surface area contributed by atoms with Crippen molar-refractivity contribution in [3.8, 4) is 0 Å². The number of alkyl halides is 3. The molecule has 2 aliphatic rings. The molecular weight excluding hydrogens is 409 g/mol. The van der Waals surface area contributed by atoms with Crippen molar-refractivity contribution in [2.75, 3.05) is 11.9 Å². The van der Waals surface area contributed by atoms with Gasteiger partial charge in [-0.3, -0.25) is 9.59 Å². The van der Waals surface area contributed by atoms with Gasteiger partial charge in [-0.15, -0.1) is 0 Å². The van der Waals surface area contributed by atoms with Crippen LogP contribution in [0, 0.1) is 5.92 Å². The fourth-order valence-electron chi connectivity index (χ4n) is 4.36. The lowest BCUT2D eigenvalue weighted by molar-refractivity contribution is -0.138.